The number of hydrogen-bond acceptors (Lipinski definition) is 7. The molecule has 2 aromatic rings. The van der Waals surface area contributed by atoms with Crippen LogP contribution in [0.4, 0.5) is 10.7 Å². The zero-order valence-electron chi connectivity index (χ0n) is 11.3. The second-order valence-electron chi connectivity index (χ2n) is 4.25. The second kappa shape index (κ2) is 5.83. The van der Waals surface area contributed by atoms with Crippen molar-refractivity contribution in [3.63, 3.8) is 0 Å². The third kappa shape index (κ3) is 2.85. The molecule has 0 aliphatic carbocycles. The second-order valence-corrected chi connectivity index (χ2v) is 5.00. The number of nitrogens with one attached hydrogen (secondary N) is 1. The highest BCUT2D eigenvalue weighted by atomic mass is 32.1. The summed E-state index contributed by atoms with van der Waals surface area (Å²) in [4.78, 5) is 10.5. The van der Waals surface area contributed by atoms with Gasteiger partial charge in [-0.15, -0.1) is 5.10 Å². The highest BCUT2D eigenvalue weighted by Crippen LogP contribution is 2.29. The molecule has 0 bridgehead atoms. The van der Waals surface area contributed by atoms with Gasteiger partial charge in [-0.25, -0.2) is 0 Å². The molecule has 1 aromatic heterocycles. The van der Waals surface area contributed by atoms with Gasteiger partial charge in [-0.3, -0.25) is 10.1 Å². The van der Waals surface area contributed by atoms with E-state index in [1.54, 1.807) is 20.0 Å². The van der Waals surface area contributed by atoms with Crippen molar-refractivity contribution in [1.82, 2.24) is 9.59 Å². The van der Waals surface area contributed by atoms with Crippen LogP contribution in [-0.4, -0.2) is 21.6 Å². The van der Waals surface area contributed by atoms with Gasteiger partial charge in [0.15, 0.2) is 0 Å². The van der Waals surface area contributed by atoms with Gasteiger partial charge < -0.3 is 10.1 Å². The van der Waals surface area contributed by atoms with Crippen molar-refractivity contribution in [2.24, 2.45) is 0 Å². The minimum atomic E-state index is -0.412. The lowest BCUT2D eigenvalue weighted by Crippen LogP contribution is -2.02. The number of anilines is 1. The maximum absolute atomic E-state index is 10.9. The number of aryl methyl sites for hydroxylation is 2. The largest absolute Gasteiger partial charge is 0.487 e. The Labute approximate surface area is 119 Å². The zero-order valence-corrected chi connectivity index (χ0v) is 12.2. The minimum Gasteiger partial charge on any atom is -0.487 e. The van der Waals surface area contributed by atoms with Crippen LogP contribution in [0, 0.1) is 24.0 Å². The molecule has 0 atom stereocenters. The van der Waals surface area contributed by atoms with Crippen molar-refractivity contribution < 1.29 is 9.66 Å². The molecule has 0 amide bonds. The van der Waals surface area contributed by atoms with Gasteiger partial charge in [0.05, 0.1) is 11.0 Å². The first-order valence-electron chi connectivity index (χ1n) is 5.90. The predicted octanol–water partition coefficient (Wildman–Crippen LogP) is 2.68. The molecule has 0 aliphatic heterocycles. The smallest absolute Gasteiger partial charge is 0.276 e. The van der Waals surface area contributed by atoms with Gasteiger partial charge in [0.2, 0.25) is 0 Å². The van der Waals surface area contributed by atoms with Crippen LogP contribution in [0.2, 0.25) is 0 Å². The molecule has 1 heterocycles. The molecule has 0 spiro atoms. The maximum atomic E-state index is 10.9. The molecule has 0 saturated carbocycles. The van der Waals surface area contributed by atoms with E-state index >= 15 is 0 Å². The van der Waals surface area contributed by atoms with Crippen LogP contribution in [0.1, 0.15) is 16.8 Å². The summed E-state index contributed by atoms with van der Waals surface area (Å²) in [5, 5.41) is 18.7. The monoisotopic (exact) mass is 294 g/mol. The van der Waals surface area contributed by atoms with Crippen molar-refractivity contribution in [3.05, 3.63) is 39.1 Å². The Hall–Kier alpha value is -2.22. The third-order valence-corrected chi connectivity index (χ3v) is 3.62. The van der Waals surface area contributed by atoms with Crippen LogP contribution in [-0.2, 0) is 6.61 Å². The highest BCUT2D eigenvalue weighted by molar-refractivity contribution is 7.10. The van der Waals surface area contributed by atoms with E-state index in [-0.39, 0.29) is 12.3 Å². The molecule has 1 N–H and O–H groups in total. The quantitative estimate of drug-likeness (QED) is 0.673. The first-order valence-corrected chi connectivity index (χ1v) is 6.67. The highest BCUT2D eigenvalue weighted by Gasteiger charge is 2.15. The third-order valence-electron chi connectivity index (χ3n) is 2.84. The van der Waals surface area contributed by atoms with Crippen LogP contribution < -0.4 is 10.1 Å². The molecular weight excluding hydrogens is 280 g/mol. The van der Waals surface area contributed by atoms with Gasteiger partial charge in [-0.1, -0.05) is 4.49 Å². The number of benzene rings is 1. The number of nitro groups is 1. The van der Waals surface area contributed by atoms with E-state index < -0.39 is 4.92 Å². The molecule has 7 nitrogen and oxygen atoms in total. The maximum Gasteiger partial charge on any atom is 0.276 e. The van der Waals surface area contributed by atoms with Crippen LogP contribution in [0.25, 0.3) is 0 Å². The van der Waals surface area contributed by atoms with E-state index in [1.165, 1.54) is 17.6 Å². The molecule has 0 fully saturated rings. The fourth-order valence-corrected chi connectivity index (χ4v) is 2.33. The molecule has 106 valence electrons. The molecular formula is C12H14N4O3S. The first-order chi connectivity index (χ1) is 9.52. The standard InChI is InChI=1S/C12H14N4O3S/c1-7-4-8(2)11(5-10(7)16(17)18)19-6-9-12(13-3)20-15-14-9/h4-5,13H,6H2,1-3H3. The lowest BCUT2D eigenvalue weighted by Gasteiger charge is -2.09. The molecule has 20 heavy (non-hydrogen) atoms. The van der Waals surface area contributed by atoms with Gasteiger partial charge in [0.1, 0.15) is 23.1 Å². The summed E-state index contributed by atoms with van der Waals surface area (Å²) in [7, 11) is 1.78. The average molecular weight is 294 g/mol. The number of nitrogens with zero attached hydrogens (tertiary/aromatic N) is 3. The minimum absolute atomic E-state index is 0.0517. The fraction of sp³-hybridized carbons (Fsp3) is 0.333. The molecule has 1 aromatic carbocycles. The van der Waals surface area contributed by atoms with Crippen LogP contribution in [0.15, 0.2) is 12.1 Å². The Kier molecular flexibility index (Phi) is 4.14. The Morgan fingerprint density at radius 1 is 1.40 bits per heavy atom. The van der Waals surface area contributed by atoms with E-state index in [9.17, 15) is 10.1 Å². The zero-order chi connectivity index (χ0) is 14.7. The topological polar surface area (TPSA) is 90.2 Å². The van der Waals surface area contributed by atoms with E-state index in [0.29, 0.717) is 17.0 Å². The summed E-state index contributed by atoms with van der Waals surface area (Å²) in [5.74, 6) is 0.484. The Balaban J connectivity index is 2.21. The van der Waals surface area contributed by atoms with Crippen molar-refractivity contribution in [2.45, 2.75) is 20.5 Å². The lowest BCUT2D eigenvalue weighted by atomic mass is 10.1. The molecule has 0 unspecified atom stereocenters. The van der Waals surface area contributed by atoms with Crippen molar-refractivity contribution in [3.8, 4) is 5.75 Å². The van der Waals surface area contributed by atoms with Gasteiger partial charge in [0, 0.05) is 24.1 Å². The summed E-state index contributed by atoms with van der Waals surface area (Å²) >= 11 is 1.24. The van der Waals surface area contributed by atoms with Crippen molar-refractivity contribution in [1.29, 1.82) is 0 Å². The molecule has 0 saturated heterocycles. The van der Waals surface area contributed by atoms with Crippen molar-refractivity contribution >= 4 is 22.2 Å². The normalized spacial score (nSPS) is 10.3. The van der Waals surface area contributed by atoms with E-state index in [0.717, 1.165) is 10.6 Å². The number of nitro benzene ring substituents is 1. The van der Waals surface area contributed by atoms with Crippen molar-refractivity contribution in [2.75, 3.05) is 12.4 Å². The summed E-state index contributed by atoms with van der Waals surface area (Å²) in [6, 6.07) is 3.19. The van der Waals surface area contributed by atoms with Gasteiger partial charge in [0.25, 0.3) is 5.69 Å². The summed E-state index contributed by atoms with van der Waals surface area (Å²) < 4.78 is 9.46. The first kappa shape index (κ1) is 14.2. The Bertz CT molecular complexity index is 642. The molecule has 8 heteroatoms. The summed E-state index contributed by atoms with van der Waals surface area (Å²) in [6.07, 6.45) is 0. The van der Waals surface area contributed by atoms with Crippen LogP contribution >= 0.6 is 11.5 Å². The van der Waals surface area contributed by atoms with Gasteiger partial charge in [-0.2, -0.15) is 0 Å². The van der Waals surface area contributed by atoms with Gasteiger partial charge in [-0.05, 0) is 25.5 Å². The SMILES string of the molecule is CNc1snnc1COc1cc([N+](=O)[O-])c(C)cc1C. The average Bonchev–Trinajstić information content (AvgIpc) is 2.84. The van der Waals surface area contributed by atoms with Crippen LogP contribution in [0.5, 0.6) is 5.75 Å². The van der Waals surface area contributed by atoms with Crippen LogP contribution in [0.3, 0.4) is 0 Å². The Morgan fingerprint density at radius 2 is 2.15 bits per heavy atom. The lowest BCUT2D eigenvalue weighted by molar-refractivity contribution is -0.385. The summed E-state index contributed by atoms with van der Waals surface area (Å²) in [5.41, 5.74) is 2.20. The van der Waals surface area contributed by atoms with E-state index in [1.807, 2.05) is 6.92 Å². The number of rotatable bonds is 5. The number of aromatic nitrogens is 2. The molecule has 2 rings (SSSR count). The fourth-order valence-electron chi connectivity index (χ4n) is 1.81. The Morgan fingerprint density at radius 3 is 2.80 bits per heavy atom. The predicted molar refractivity (Wildman–Crippen MR) is 76.4 cm³/mol. The number of hydrogen-bond donors (Lipinski definition) is 1. The van der Waals surface area contributed by atoms with Gasteiger partial charge >= 0.3 is 0 Å². The molecule has 0 radical (unpaired) electrons. The van der Waals surface area contributed by atoms with E-state index in [4.69, 9.17) is 4.74 Å². The summed E-state index contributed by atoms with van der Waals surface area (Å²) in [6.45, 7) is 3.77. The number of ether oxygens (including phenoxy) is 1. The van der Waals surface area contributed by atoms with E-state index in [2.05, 4.69) is 14.9 Å². The molecule has 0 aliphatic rings.